The lowest BCUT2D eigenvalue weighted by Crippen LogP contribution is -2.40. The maximum Gasteiger partial charge on any atom is 0.326 e. The van der Waals surface area contributed by atoms with E-state index < -0.39 is 23.9 Å². The van der Waals surface area contributed by atoms with E-state index in [0.717, 1.165) is 3.79 Å². The van der Waals surface area contributed by atoms with Gasteiger partial charge in [0.1, 0.15) is 6.04 Å². The normalized spacial score (nSPS) is 11.7. The second-order valence-electron chi connectivity index (χ2n) is 3.58. The van der Waals surface area contributed by atoms with E-state index in [1.165, 1.54) is 18.4 Å². The van der Waals surface area contributed by atoms with Gasteiger partial charge in [-0.1, -0.05) is 0 Å². The van der Waals surface area contributed by atoms with Crippen LogP contribution in [0.4, 0.5) is 0 Å². The van der Waals surface area contributed by atoms with Crippen LogP contribution in [-0.4, -0.2) is 36.1 Å². The van der Waals surface area contributed by atoms with Crippen LogP contribution in [0.2, 0.25) is 0 Å². The van der Waals surface area contributed by atoms with E-state index >= 15 is 0 Å². The quantitative estimate of drug-likeness (QED) is 0.761. The Bertz CT molecular complexity index is 487. The van der Waals surface area contributed by atoms with E-state index in [2.05, 4.69) is 26.0 Å². The largest absolute Gasteiger partial charge is 0.480 e. The van der Waals surface area contributed by atoms with Crippen molar-refractivity contribution in [2.75, 3.05) is 7.11 Å². The van der Waals surface area contributed by atoms with Gasteiger partial charge in [0.2, 0.25) is 0 Å². The van der Waals surface area contributed by atoms with E-state index in [1.807, 2.05) is 0 Å². The Hall–Kier alpha value is -1.41. The number of carboxylic acids is 1. The topological polar surface area (TPSA) is 92.7 Å². The Kier molecular flexibility index (Phi) is 5.97. The van der Waals surface area contributed by atoms with E-state index in [9.17, 15) is 14.4 Å². The molecule has 1 amide bonds. The molecule has 0 aromatic carbocycles. The lowest BCUT2D eigenvalue weighted by atomic mass is 10.1. The predicted molar refractivity (Wildman–Crippen MR) is 72.2 cm³/mol. The summed E-state index contributed by atoms with van der Waals surface area (Å²) in [6.07, 6.45) is -0.0812. The first-order valence-corrected chi connectivity index (χ1v) is 6.90. The summed E-state index contributed by atoms with van der Waals surface area (Å²) in [5.41, 5.74) is 0. The molecule has 0 bridgehead atoms. The molecule has 0 radical (unpaired) electrons. The molecule has 2 N–H and O–H groups in total. The zero-order chi connectivity index (χ0) is 14.4. The number of rotatable bonds is 6. The molecular formula is C11H12BrNO5S. The molecule has 0 saturated carbocycles. The molecule has 1 aromatic heterocycles. The molecule has 19 heavy (non-hydrogen) atoms. The van der Waals surface area contributed by atoms with E-state index in [-0.39, 0.29) is 12.8 Å². The molecule has 6 nitrogen and oxygen atoms in total. The fourth-order valence-electron chi connectivity index (χ4n) is 1.29. The Labute approximate surface area is 121 Å². The molecule has 1 rings (SSSR count). The second-order valence-corrected chi connectivity index (χ2v) is 6.05. The molecule has 0 aliphatic carbocycles. The van der Waals surface area contributed by atoms with Crippen LogP contribution < -0.4 is 5.32 Å². The lowest BCUT2D eigenvalue weighted by Gasteiger charge is -2.13. The molecule has 1 heterocycles. The number of halogens is 1. The van der Waals surface area contributed by atoms with Gasteiger partial charge in [0.25, 0.3) is 5.91 Å². The number of carboxylic acid groups (broad SMARTS) is 1. The van der Waals surface area contributed by atoms with Gasteiger partial charge in [-0.15, -0.1) is 11.3 Å². The number of hydrogen-bond donors (Lipinski definition) is 2. The SMILES string of the molecule is COC(=O)CCC(NC(=O)c1ccc(Br)s1)C(=O)O. The third-order valence-corrected chi connectivity index (χ3v) is 3.89. The van der Waals surface area contributed by atoms with E-state index in [1.54, 1.807) is 12.1 Å². The van der Waals surface area contributed by atoms with Crippen LogP contribution in [0.1, 0.15) is 22.5 Å². The van der Waals surface area contributed by atoms with Crippen molar-refractivity contribution in [3.8, 4) is 0 Å². The summed E-state index contributed by atoms with van der Waals surface area (Å²) in [4.78, 5) is 34.2. The number of nitrogens with one attached hydrogen (secondary N) is 1. The molecule has 8 heteroatoms. The van der Waals surface area contributed by atoms with Crippen molar-refractivity contribution in [1.29, 1.82) is 0 Å². The van der Waals surface area contributed by atoms with Crippen LogP contribution in [-0.2, 0) is 14.3 Å². The third-order valence-electron chi connectivity index (χ3n) is 2.27. The van der Waals surface area contributed by atoms with Crippen molar-refractivity contribution >= 4 is 45.1 Å². The van der Waals surface area contributed by atoms with E-state index in [4.69, 9.17) is 5.11 Å². The van der Waals surface area contributed by atoms with Crippen molar-refractivity contribution in [1.82, 2.24) is 5.32 Å². The van der Waals surface area contributed by atoms with Gasteiger partial charge in [-0.3, -0.25) is 9.59 Å². The first kappa shape index (κ1) is 15.6. The van der Waals surface area contributed by atoms with Gasteiger partial charge in [-0.25, -0.2) is 4.79 Å². The second kappa shape index (κ2) is 7.25. The predicted octanol–water partition coefficient (Wildman–Crippen LogP) is 1.65. The average Bonchev–Trinajstić information content (AvgIpc) is 2.80. The lowest BCUT2D eigenvalue weighted by molar-refractivity contribution is -0.142. The molecule has 0 spiro atoms. The summed E-state index contributed by atoms with van der Waals surface area (Å²) >= 11 is 4.41. The minimum absolute atomic E-state index is 0.0136. The Morgan fingerprint density at radius 1 is 1.47 bits per heavy atom. The van der Waals surface area contributed by atoms with Crippen LogP contribution in [0.3, 0.4) is 0 Å². The molecule has 0 fully saturated rings. The smallest absolute Gasteiger partial charge is 0.326 e. The van der Waals surface area contributed by atoms with Gasteiger partial charge in [-0.2, -0.15) is 0 Å². The first-order valence-electron chi connectivity index (χ1n) is 5.30. The van der Waals surface area contributed by atoms with Crippen molar-refractivity contribution < 1.29 is 24.2 Å². The van der Waals surface area contributed by atoms with Gasteiger partial charge < -0.3 is 15.2 Å². The van der Waals surface area contributed by atoms with Crippen LogP contribution >= 0.6 is 27.3 Å². The Morgan fingerprint density at radius 2 is 2.16 bits per heavy atom. The summed E-state index contributed by atoms with van der Waals surface area (Å²) in [7, 11) is 1.22. The van der Waals surface area contributed by atoms with Crippen molar-refractivity contribution in [3.63, 3.8) is 0 Å². The van der Waals surface area contributed by atoms with Crippen molar-refractivity contribution in [3.05, 3.63) is 20.8 Å². The first-order chi connectivity index (χ1) is 8.93. The van der Waals surface area contributed by atoms with Gasteiger partial charge in [0.05, 0.1) is 15.8 Å². The molecule has 1 aromatic rings. The highest BCUT2D eigenvalue weighted by molar-refractivity contribution is 9.11. The summed E-state index contributed by atoms with van der Waals surface area (Å²) in [5, 5.41) is 11.4. The molecule has 1 unspecified atom stereocenters. The highest BCUT2D eigenvalue weighted by Gasteiger charge is 2.22. The number of methoxy groups -OCH3 is 1. The molecule has 0 aliphatic heterocycles. The zero-order valence-corrected chi connectivity index (χ0v) is 12.4. The monoisotopic (exact) mass is 349 g/mol. The number of ether oxygens (including phenoxy) is 1. The Balaban J connectivity index is 2.61. The molecule has 104 valence electrons. The van der Waals surface area contributed by atoms with Crippen LogP contribution in [0, 0.1) is 0 Å². The summed E-state index contributed by atoms with van der Waals surface area (Å²) in [6.45, 7) is 0. The van der Waals surface area contributed by atoms with Gasteiger partial charge in [-0.05, 0) is 34.5 Å². The molecule has 1 atom stereocenters. The number of aliphatic carboxylic acids is 1. The van der Waals surface area contributed by atoms with Gasteiger partial charge in [0.15, 0.2) is 0 Å². The van der Waals surface area contributed by atoms with Crippen LogP contribution in [0.5, 0.6) is 0 Å². The molecule has 0 aliphatic rings. The number of esters is 1. The maximum atomic E-state index is 11.8. The number of carbonyl (C=O) groups is 3. The zero-order valence-electron chi connectivity index (χ0n) is 10.0. The Morgan fingerprint density at radius 3 is 2.63 bits per heavy atom. The third kappa shape index (κ3) is 4.99. The van der Waals surface area contributed by atoms with Crippen molar-refractivity contribution in [2.24, 2.45) is 0 Å². The minimum atomic E-state index is -1.19. The minimum Gasteiger partial charge on any atom is -0.480 e. The fraction of sp³-hybridized carbons (Fsp3) is 0.364. The average molecular weight is 350 g/mol. The number of thiophene rings is 1. The van der Waals surface area contributed by atoms with E-state index in [0.29, 0.717) is 4.88 Å². The maximum absolute atomic E-state index is 11.8. The molecular weight excluding hydrogens is 338 g/mol. The standard InChI is InChI=1S/C11H12BrNO5S/c1-18-9(14)5-2-6(11(16)17)13-10(15)7-3-4-8(12)19-7/h3-4,6H,2,5H2,1H3,(H,13,15)(H,16,17). The fourth-order valence-corrected chi connectivity index (χ4v) is 2.58. The number of carbonyl (C=O) groups excluding carboxylic acids is 2. The number of amides is 1. The van der Waals surface area contributed by atoms with Crippen molar-refractivity contribution in [2.45, 2.75) is 18.9 Å². The number of hydrogen-bond acceptors (Lipinski definition) is 5. The summed E-state index contributed by atoms with van der Waals surface area (Å²) in [6, 6.07) is 2.17. The highest BCUT2D eigenvalue weighted by atomic mass is 79.9. The van der Waals surface area contributed by atoms with Gasteiger partial charge in [0, 0.05) is 6.42 Å². The summed E-state index contributed by atoms with van der Waals surface area (Å²) in [5.74, 6) is -2.18. The van der Waals surface area contributed by atoms with Crippen LogP contribution in [0.15, 0.2) is 15.9 Å². The highest BCUT2D eigenvalue weighted by Crippen LogP contribution is 2.22. The molecule has 0 saturated heterocycles. The van der Waals surface area contributed by atoms with Crippen LogP contribution in [0.25, 0.3) is 0 Å². The van der Waals surface area contributed by atoms with Gasteiger partial charge >= 0.3 is 11.9 Å². The summed E-state index contributed by atoms with van der Waals surface area (Å²) < 4.78 is 5.20.